The summed E-state index contributed by atoms with van der Waals surface area (Å²) in [6.07, 6.45) is 0.571. The van der Waals surface area contributed by atoms with Gasteiger partial charge in [0.25, 0.3) is 5.95 Å². The van der Waals surface area contributed by atoms with Crippen molar-refractivity contribution in [3.05, 3.63) is 29.8 Å². The Hall–Kier alpha value is -1.57. The third kappa shape index (κ3) is 4.46. The van der Waals surface area contributed by atoms with Gasteiger partial charge in [-0.05, 0) is 37.0 Å². The molecule has 1 aromatic heterocycles. The maximum absolute atomic E-state index is 11.2. The highest BCUT2D eigenvalue weighted by Gasteiger charge is 2.19. The molecule has 0 aliphatic heterocycles. The van der Waals surface area contributed by atoms with Crippen LogP contribution in [0.3, 0.4) is 0 Å². The van der Waals surface area contributed by atoms with Gasteiger partial charge >= 0.3 is 10.3 Å². The van der Waals surface area contributed by atoms with Crippen molar-refractivity contribution in [1.29, 1.82) is 0 Å². The van der Waals surface area contributed by atoms with Gasteiger partial charge in [0.15, 0.2) is 0 Å². The summed E-state index contributed by atoms with van der Waals surface area (Å²) < 4.78 is 44.5. The molecule has 0 fully saturated rings. The van der Waals surface area contributed by atoms with Crippen molar-refractivity contribution in [1.82, 2.24) is 4.72 Å². The fourth-order valence-electron chi connectivity index (χ4n) is 2.37. The van der Waals surface area contributed by atoms with E-state index in [4.69, 9.17) is 13.7 Å². The fourth-order valence-corrected chi connectivity index (χ4v) is 2.96. The summed E-state index contributed by atoms with van der Waals surface area (Å²) in [5.74, 6) is 0.691. The minimum Gasteiger partial charge on any atom is -0.465 e. The van der Waals surface area contributed by atoms with Crippen LogP contribution in [0.1, 0.15) is 38.8 Å². The molecule has 1 atom stereocenters. The molecule has 22 heavy (non-hydrogen) atoms. The smallest absolute Gasteiger partial charge is 0.333 e. The molecular weight excluding hydrogens is 306 g/mol. The van der Waals surface area contributed by atoms with Gasteiger partial charge in [-0.1, -0.05) is 19.9 Å². The Bertz CT molecular complexity index is 735. The first-order chi connectivity index (χ1) is 10.3. The molecule has 2 N–H and O–H groups in total. The van der Waals surface area contributed by atoms with Crippen LogP contribution in [0.15, 0.2) is 28.7 Å². The molecule has 0 saturated heterocycles. The topological polar surface area (TPSA) is 88.8 Å². The summed E-state index contributed by atoms with van der Waals surface area (Å²) in [4.78, 5) is 0. The van der Waals surface area contributed by atoms with Crippen LogP contribution in [0.2, 0.25) is 0 Å². The van der Waals surface area contributed by atoms with Gasteiger partial charge in [-0.3, -0.25) is 4.55 Å². The van der Waals surface area contributed by atoms with Crippen LogP contribution >= 0.6 is 0 Å². The Morgan fingerprint density at radius 3 is 2.64 bits per heavy atom. The van der Waals surface area contributed by atoms with Crippen LogP contribution in [-0.2, 0) is 10.3 Å². The van der Waals surface area contributed by atoms with Gasteiger partial charge in [0.2, 0.25) is 0 Å². The first-order valence-electron chi connectivity index (χ1n) is 7.19. The molecule has 1 unspecified atom stereocenters. The van der Waals surface area contributed by atoms with Crippen LogP contribution in [0.25, 0.3) is 11.0 Å². The van der Waals surface area contributed by atoms with Gasteiger partial charge < -0.3 is 9.15 Å². The summed E-state index contributed by atoms with van der Waals surface area (Å²) in [5, 5.41) is 0.826. The van der Waals surface area contributed by atoms with E-state index in [1.807, 2.05) is 26.8 Å². The van der Waals surface area contributed by atoms with Gasteiger partial charge in [-0.15, -0.1) is 0 Å². The van der Waals surface area contributed by atoms with Crippen molar-refractivity contribution in [2.24, 2.45) is 5.92 Å². The fraction of sp³-hybridized carbons (Fsp3) is 0.467. The molecule has 7 heteroatoms. The number of hydrogen-bond acceptors (Lipinski definition) is 4. The van der Waals surface area contributed by atoms with Crippen LogP contribution in [0, 0.1) is 5.92 Å². The van der Waals surface area contributed by atoms with E-state index in [1.54, 1.807) is 18.2 Å². The normalized spacial score (nSPS) is 13.7. The first-order valence-corrected chi connectivity index (χ1v) is 8.63. The Morgan fingerprint density at radius 2 is 2.05 bits per heavy atom. The molecule has 0 bridgehead atoms. The van der Waals surface area contributed by atoms with Crippen LogP contribution < -0.4 is 9.46 Å². The number of hydrogen-bond donors (Lipinski definition) is 2. The molecule has 0 radical (unpaired) electrons. The minimum absolute atomic E-state index is 0.262. The number of nitrogens with one attached hydrogen (secondary N) is 1. The van der Waals surface area contributed by atoms with Crippen molar-refractivity contribution in [2.75, 3.05) is 6.61 Å². The van der Waals surface area contributed by atoms with Crippen molar-refractivity contribution in [2.45, 2.75) is 33.2 Å². The quantitative estimate of drug-likeness (QED) is 0.762. The highest BCUT2D eigenvalue weighted by atomic mass is 32.2. The standard InChI is InChI=1S/C15H21NO5S/c1-4-20-15-9-12-8-11(5-6-14(12)21-15)13(7-10(2)3)16-22(17,18)19/h5-6,8-10,13,16H,4,7H2,1-3H3,(H,17,18,19). The zero-order chi connectivity index (χ0) is 16.3. The van der Waals surface area contributed by atoms with Gasteiger partial charge in [-0.2, -0.15) is 13.1 Å². The lowest BCUT2D eigenvalue weighted by molar-refractivity contribution is 0.265. The highest BCUT2D eigenvalue weighted by molar-refractivity contribution is 7.83. The SMILES string of the molecule is CCOc1cc2cc(C(CC(C)C)NS(=O)(=O)O)ccc2o1. The van der Waals surface area contributed by atoms with Crippen LogP contribution in [0.4, 0.5) is 0 Å². The maximum atomic E-state index is 11.2. The van der Waals surface area contributed by atoms with Crippen molar-refractivity contribution >= 4 is 21.3 Å². The second-order valence-electron chi connectivity index (χ2n) is 5.57. The second kappa shape index (κ2) is 6.68. The monoisotopic (exact) mass is 327 g/mol. The number of rotatable bonds is 7. The number of benzene rings is 1. The van der Waals surface area contributed by atoms with Crippen molar-refractivity contribution < 1.29 is 22.1 Å². The van der Waals surface area contributed by atoms with E-state index in [1.165, 1.54) is 0 Å². The number of ether oxygens (including phenoxy) is 1. The lowest BCUT2D eigenvalue weighted by atomic mass is 9.97. The molecule has 0 spiro atoms. The molecule has 6 nitrogen and oxygen atoms in total. The van der Waals surface area contributed by atoms with Gasteiger partial charge in [0.1, 0.15) is 5.58 Å². The largest absolute Gasteiger partial charge is 0.465 e. The Balaban J connectivity index is 2.35. The molecular formula is C15H21NO5S. The Labute approximate surface area is 130 Å². The molecule has 1 heterocycles. The number of furan rings is 1. The van der Waals surface area contributed by atoms with E-state index >= 15 is 0 Å². The molecule has 2 aromatic rings. The van der Waals surface area contributed by atoms with Crippen LogP contribution in [0.5, 0.6) is 5.95 Å². The lowest BCUT2D eigenvalue weighted by Gasteiger charge is -2.19. The number of fused-ring (bicyclic) bond motifs is 1. The maximum Gasteiger partial charge on any atom is 0.333 e. The van der Waals surface area contributed by atoms with Gasteiger partial charge in [0.05, 0.1) is 6.61 Å². The summed E-state index contributed by atoms with van der Waals surface area (Å²) in [6.45, 7) is 6.35. The van der Waals surface area contributed by atoms with E-state index in [-0.39, 0.29) is 5.92 Å². The third-order valence-electron chi connectivity index (χ3n) is 3.21. The van der Waals surface area contributed by atoms with E-state index in [0.29, 0.717) is 24.6 Å². The van der Waals surface area contributed by atoms with Crippen molar-refractivity contribution in [3.63, 3.8) is 0 Å². The zero-order valence-corrected chi connectivity index (χ0v) is 13.7. The molecule has 0 aliphatic rings. The van der Waals surface area contributed by atoms with Gasteiger partial charge in [0, 0.05) is 17.5 Å². The predicted molar refractivity (Wildman–Crippen MR) is 84.3 cm³/mol. The predicted octanol–water partition coefficient (Wildman–Crippen LogP) is 3.31. The summed E-state index contributed by atoms with van der Waals surface area (Å²) >= 11 is 0. The average molecular weight is 327 g/mol. The highest BCUT2D eigenvalue weighted by Crippen LogP contribution is 2.30. The summed E-state index contributed by atoms with van der Waals surface area (Å²) in [7, 11) is -4.27. The Kier molecular flexibility index (Phi) is 5.10. The molecule has 122 valence electrons. The van der Waals surface area contributed by atoms with Gasteiger partial charge in [-0.25, -0.2) is 0 Å². The molecule has 0 saturated carbocycles. The van der Waals surface area contributed by atoms with E-state index in [0.717, 1.165) is 10.9 Å². The third-order valence-corrected chi connectivity index (χ3v) is 3.79. The Morgan fingerprint density at radius 1 is 1.32 bits per heavy atom. The first kappa shape index (κ1) is 16.8. The zero-order valence-electron chi connectivity index (χ0n) is 12.9. The second-order valence-corrected chi connectivity index (χ2v) is 6.76. The lowest BCUT2D eigenvalue weighted by Crippen LogP contribution is -2.28. The summed E-state index contributed by atoms with van der Waals surface area (Å²) in [5.41, 5.74) is 1.44. The molecule has 1 aromatic carbocycles. The molecule has 0 aliphatic carbocycles. The van der Waals surface area contributed by atoms with Crippen LogP contribution in [-0.4, -0.2) is 19.6 Å². The average Bonchev–Trinajstić information content (AvgIpc) is 2.77. The van der Waals surface area contributed by atoms with E-state index < -0.39 is 16.3 Å². The minimum atomic E-state index is -4.27. The van der Waals surface area contributed by atoms with E-state index in [2.05, 4.69) is 4.72 Å². The molecule has 0 amide bonds. The van der Waals surface area contributed by atoms with Crippen molar-refractivity contribution in [3.8, 4) is 5.95 Å². The van der Waals surface area contributed by atoms with E-state index in [9.17, 15) is 8.42 Å². The molecule has 2 rings (SSSR count). The summed E-state index contributed by atoms with van der Waals surface area (Å²) in [6, 6.07) is 6.66.